The fourth-order valence-electron chi connectivity index (χ4n) is 1.67. The number of hydrogen-bond acceptors (Lipinski definition) is 3. The summed E-state index contributed by atoms with van der Waals surface area (Å²) in [6.07, 6.45) is 1.16. The fraction of sp³-hybridized carbons (Fsp3) is 0.400. The first kappa shape index (κ1) is 11.5. The second kappa shape index (κ2) is 4.12. The van der Waals surface area contributed by atoms with E-state index in [-0.39, 0.29) is 0 Å². The average Bonchev–Trinajstić information content (AvgIpc) is 2.09. The number of hydrogen-bond donors (Lipinski definition) is 1. The maximum absolute atomic E-state index is 13.4. The van der Waals surface area contributed by atoms with Crippen LogP contribution < -0.4 is 5.14 Å². The van der Waals surface area contributed by atoms with E-state index in [0.29, 0.717) is 6.54 Å². The molecule has 0 aromatic heterocycles. The molecule has 1 heterocycles. The molecule has 0 amide bonds. The predicted molar refractivity (Wildman–Crippen MR) is 57.7 cm³/mol. The largest absolute Gasteiger partial charge is 0.299 e. The lowest BCUT2D eigenvalue weighted by Gasteiger charge is -2.30. The van der Waals surface area contributed by atoms with Crippen molar-refractivity contribution in [1.82, 2.24) is 4.90 Å². The van der Waals surface area contributed by atoms with Crippen LogP contribution in [0.25, 0.3) is 0 Å². The van der Waals surface area contributed by atoms with Gasteiger partial charge < -0.3 is 0 Å². The first-order valence-corrected chi connectivity index (χ1v) is 6.55. The Morgan fingerprint density at radius 3 is 2.50 bits per heavy atom. The Kier molecular flexibility index (Phi) is 2.96. The summed E-state index contributed by atoms with van der Waals surface area (Å²) in [4.78, 5) is 1.71. The molecule has 1 fully saturated rings. The minimum atomic E-state index is -3.96. The monoisotopic (exact) mass is 244 g/mol. The summed E-state index contributed by atoms with van der Waals surface area (Å²) < 4.78 is 35.4. The number of benzene rings is 1. The average molecular weight is 244 g/mol. The van der Waals surface area contributed by atoms with Gasteiger partial charge in [-0.2, -0.15) is 0 Å². The van der Waals surface area contributed by atoms with Gasteiger partial charge in [0.25, 0.3) is 0 Å². The van der Waals surface area contributed by atoms with E-state index in [1.165, 1.54) is 12.1 Å². The van der Waals surface area contributed by atoms with E-state index in [4.69, 9.17) is 5.14 Å². The molecule has 2 rings (SSSR count). The van der Waals surface area contributed by atoms with Crippen LogP contribution in [0.1, 0.15) is 12.0 Å². The van der Waals surface area contributed by atoms with Crippen molar-refractivity contribution in [2.75, 3.05) is 13.1 Å². The molecule has 16 heavy (non-hydrogen) atoms. The van der Waals surface area contributed by atoms with Gasteiger partial charge in [-0.05, 0) is 37.2 Å². The zero-order chi connectivity index (χ0) is 11.8. The van der Waals surface area contributed by atoms with Crippen LogP contribution in [0.4, 0.5) is 4.39 Å². The Balaban J connectivity index is 2.22. The highest BCUT2D eigenvalue weighted by Gasteiger charge is 2.17. The van der Waals surface area contributed by atoms with Crippen molar-refractivity contribution in [2.45, 2.75) is 17.9 Å². The molecule has 0 spiro atoms. The van der Waals surface area contributed by atoms with E-state index < -0.39 is 20.7 Å². The number of halogens is 1. The molecule has 88 valence electrons. The van der Waals surface area contributed by atoms with Crippen LogP contribution in [0.2, 0.25) is 0 Å². The first-order valence-electron chi connectivity index (χ1n) is 5.00. The number of sulfonamides is 1. The molecule has 1 aromatic rings. The summed E-state index contributed by atoms with van der Waals surface area (Å²) in [6.45, 7) is 2.68. The van der Waals surface area contributed by atoms with Gasteiger partial charge in [-0.25, -0.2) is 17.9 Å². The summed E-state index contributed by atoms with van der Waals surface area (Å²) >= 11 is 0. The zero-order valence-corrected chi connectivity index (χ0v) is 9.50. The standard InChI is InChI=1S/C10H13FN2O2S/c11-9-6-8(7-13-4-1-5-13)2-3-10(9)16(12,14)15/h2-3,6H,1,4-5,7H2,(H2,12,14,15). The van der Waals surface area contributed by atoms with Gasteiger partial charge in [0.05, 0.1) is 0 Å². The molecule has 0 radical (unpaired) electrons. The second-order valence-electron chi connectivity index (χ2n) is 3.94. The van der Waals surface area contributed by atoms with E-state index >= 15 is 0 Å². The molecule has 1 aromatic carbocycles. The highest BCUT2D eigenvalue weighted by atomic mass is 32.2. The van der Waals surface area contributed by atoms with Gasteiger partial charge in [0.1, 0.15) is 10.7 Å². The Bertz CT molecular complexity index is 498. The molecule has 0 atom stereocenters. The molecule has 4 nitrogen and oxygen atoms in total. The normalized spacial score (nSPS) is 17.1. The Labute approximate surface area is 93.9 Å². The summed E-state index contributed by atoms with van der Waals surface area (Å²) in [5.74, 6) is -0.777. The van der Waals surface area contributed by atoms with Gasteiger partial charge in [0.15, 0.2) is 0 Å². The van der Waals surface area contributed by atoms with Crippen LogP contribution in [0.5, 0.6) is 0 Å². The molecular formula is C10H13FN2O2S. The van der Waals surface area contributed by atoms with Crippen molar-refractivity contribution in [2.24, 2.45) is 5.14 Å². The van der Waals surface area contributed by atoms with Gasteiger partial charge in [-0.1, -0.05) is 6.07 Å². The number of likely N-dealkylation sites (tertiary alicyclic amines) is 1. The van der Waals surface area contributed by atoms with Crippen LogP contribution in [0.3, 0.4) is 0 Å². The molecular weight excluding hydrogens is 231 g/mol. The lowest BCUT2D eigenvalue weighted by Crippen LogP contribution is -2.36. The molecule has 1 saturated heterocycles. The smallest absolute Gasteiger partial charge is 0.240 e. The molecule has 1 aliphatic heterocycles. The third kappa shape index (κ3) is 2.40. The van der Waals surface area contributed by atoms with Crippen molar-refractivity contribution in [3.05, 3.63) is 29.6 Å². The Hall–Kier alpha value is -0.980. The highest BCUT2D eigenvalue weighted by molar-refractivity contribution is 7.89. The van der Waals surface area contributed by atoms with Gasteiger partial charge >= 0.3 is 0 Å². The van der Waals surface area contributed by atoms with Crippen LogP contribution in [0.15, 0.2) is 23.1 Å². The molecule has 6 heteroatoms. The van der Waals surface area contributed by atoms with E-state index in [9.17, 15) is 12.8 Å². The van der Waals surface area contributed by atoms with E-state index in [2.05, 4.69) is 4.90 Å². The van der Waals surface area contributed by atoms with Gasteiger partial charge in [0.2, 0.25) is 10.0 Å². The maximum atomic E-state index is 13.4. The SMILES string of the molecule is NS(=O)(=O)c1ccc(CN2CCC2)cc1F. The lowest BCUT2D eigenvalue weighted by atomic mass is 10.1. The summed E-state index contributed by atoms with van der Waals surface area (Å²) in [5.41, 5.74) is 0.768. The minimum Gasteiger partial charge on any atom is -0.299 e. The molecule has 0 saturated carbocycles. The topological polar surface area (TPSA) is 63.4 Å². The third-order valence-corrected chi connectivity index (χ3v) is 3.60. The number of primary sulfonamides is 1. The summed E-state index contributed by atoms with van der Waals surface area (Å²) in [7, 11) is -3.96. The van der Waals surface area contributed by atoms with Crippen LogP contribution in [-0.4, -0.2) is 26.4 Å². The van der Waals surface area contributed by atoms with Crippen molar-refractivity contribution in [1.29, 1.82) is 0 Å². The lowest BCUT2D eigenvalue weighted by molar-refractivity contribution is 0.172. The second-order valence-corrected chi connectivity index (χ2v) is 5.47. The van der Waals surface area contributed by atoms with Crippen LogP contribution in [0, 0.1) is 5.82 Å². The number of nitrogens with zero attached hydrogens (tertiary/aromatic N) is 1. The summed E-state index contributed by atoms with van der Waals surface area (Å²) in [6, 6.07) is 4.05. The maximum Gasteiger partial charge on any atom is 0.240 e. The Morgan fingerprint density at radius 2 is 2.06 bits per heavy atom. The number of rotatable bonds is 3. The predicted octanol–water partition coefficient (Wildman–Crippen LogP) is 0.679. The fourth-order valence-corrected chi connectivity index (χ4v) is 2.26. The third-order valence-electron chi connectivity index (χ3n) is 2.66. The zero-order valence-electron chi connectivity index (χ0n) is 8.69. The minimum absolute atomic E-state index is 0.445. The Morgan fingerprint density at radius 1 is 1.38 bits per heavy atom. The number of nitrogens with two attached hydrogens (primary N) is 1. The van der Waals surface area contributed by atoms with E-state index in [1.54, 1.807) is 6.07 Å². The van der Waals surface area contributed by atoms with Crippen molar-refractivity contribution < 1.29 is 12.8 Å². The molecule has 0 unspecified atom stereocenters. The first-order chi connectivity index (χ1) is 7.47. The van der Waals surface area contributed by atoms with E-state index in [0.717, 1.165) is 25.1 Å². The van der Waals surface area contributed by atoms with Gasteiger partial charge in [-0.15, -0.1) is 0 Å². The van der Waals surface area contributed by atoms with Crippen molar-refractivity contribution >= 4 is 10.0 Å². The van der Waals surface area contributed by atoms with Gasteiger partial charge in [-0.3, -0.25) is 4.90 Å². The highest BCUT2D eigenvalue weighted by Crippen LogP contribution is 2.17. The molecule has 0 aliphatic carbocycles. The summed E-state index contributed by atoms with van der Waals surface area (Å²) in [5, 5.41) is 4.87. The van der Waals surface area contributed by atoms with Crippen molar-refractivity contribution in [3.63, 3.8) is 0 Å². The molecule has 1 aliphatic rings. The quantitative estimate of drug-likeness (QED) is 0.850. The van der Waals surface area contributed by atoms with Crippen LogP contribution >= 0.6 is 0 Å². The van der Waals surface area contributed by atoms with Crippen LogP contribution in [-0.2, 0) is 16.6 Å². The van der Waals surface area contributed by atoms with Crippen molar-refractivity contribution in [3.8, 4) is 0 Å². The molecule has 2 N–H and O–H groups in total. The van der Waals surface area contributed by atoms with Gasteiger partial charge in [0, 0.05) is 6.54 Å². The molecule has 0 bridgehead atoms. The van der Waals surface area contributed by atoms with E-state index in [1.807, 2.05) is 0 Å².